The molecule has 3 rings (SSSR count). The number of imide groups is 1. The minimum absolute atomic E-state index is 0.0360. The molecular weight excluding hydrogens is 306 g/mol. The lowest BCUT2D eigenvalue weighted by atomic mass is 10.0. The number of carbonyl (C=O) groups excluding carboxylic acids is 2. The quantitative estimate of drug-likeness (QED) is 0.878. The van der Waals surface area contributed by atoms with Gasteiger partial charge in [0.1, 0.15) is 5.58 Å². The van der Waals surface area contributed by atoms with E-state index in [1.165, 1.54) is 0 Å². The third-order valence-corrected chi connectivity index (χ3v) is 4.50. The smallest absolute Gasteiger partial charge is 0.303 e. The number of fused-ring (bicyclic) bond motifs is 1. The van der Waals surface area contributed by atoms with Crippen LogP contribution in [0.15, 0.2) is 28.9 Å². The highest BCUT2D eigenvalue weighted by Gasteiger charge is 2.31. The number of aryl methyl sites for hydroxylation is 1. The maximum atomic E-state index is 11.6. The second-order valence-electron chi connectivity index (χ2n) is 5.07. The lowest BCUT2D eigenvalue weighted by molar-refractivity contribution is -0.137. The van der Waals surface area contributed by atoms with Crippen LogP contribution in [0.1, 0.15) is 17.5 Å². The van der Waals surface area contributed by atoms with Gasteiger partial charge in [0, 0.05) is 11.8 Å². The highest BCUT2D eigenvalue weighted by Crippen LogP contribution is 2.27. The summed E-state index contributed by atoms with van der Waals surface area (Å²) in [6, 6.07) is 5.55. The van der Waals surface area contributed by atoms with E-state index in [4.69, 9.17) is 9.52 Å². The van der Waals surface area contributed by atoms with E-state index in [0.717, 1.165) is 28.3 Å². The van der Waals surface area contributed by atoms with Gasteiger partial charge in [0.05, 0.1) is 11.5 Å². The molecule has 22 heavy (non-hydrogen) atoms. The van der Waals surface area contributed by atoms with Crippen molar-refractivity contribution in [2.24, 2.45) is 0 Å². The fourth-order valence-corrected chi connectivity index (χ4v) is 3.29. The maximum Gasteiger partial charge on any atom is 0.303 e. The topological polar surface area (TPSA) is 96.6 Å². The van der Waals surface area contributed by atoms with E-state index in [-0.39, 0.29) is 17.6 Å². The molecule has 1 unspecified atom stereocenters. The SMILES string of the molecule is O=C(O)CCc1coc2ccc(CC3SC(=O)NC3=O)cc12. The fourth-order valence-electron chi connectivity index (χ4n) is 2.43. The monoisotopic (exact) mass is 319 g/mol. The average Bonchev–Trinajstić information content (AvgIpc) is 3.00. The molecule has 1 aliphatic rings. The number of nitrogens with one attached hydrogen (secondary N) is 1. The van der Waals surface area contributed by atoms with Gasteiger partial charge in [-0.2, -0.15) is 0 Å². The Morgan fingerprint density at radius 2 is 2.18 bits per heavy atom. The Morgan fingerprint density at radius 3 is 2.86 bits per heavy atom. The van der Waals surface area contributed by atoms with Gasteiger partial charge in [-0.25, -0.2) is 0 Å². The lowest BCUT2D eigenvalue weighted by Gasteiger charge is -2.05. The largest absolute Gasteiger partial charge is 0.481 e. The predicted molar refractivity (Wildman–Crippen MR) is 80.8 cm³/mol. The number of hydrogen-bond acceptors (Lipinski definition) is 5. The van der Waals surface area contributed by atoms with Crippen molar-refractivity contribution in [3.05, 3.63) is 35.6 Å². The normalized spacial score (nSPS) is 17.9. The molecule has 1 atom stereocenters. The molecule has 1 saturated heterocycles. The van der Waals surface area contributed by atoms with E-state index in [0.29, 0.717) is 18.4 Å². The molecule has 2 N–H and O–H groups in total. The number of hydrogen-bond donors (Lipinski definition) is 2. The first-order valence-corrected chi connectivity index (χ1v) is 7.63. The standard InChI is InChI=1S/C15H13NO5S/c17-13(18)4-2-9-7-21-11-3-1-8(5-10(9)11)6-12-14(19)16-15(20)22-12/h1,3,5,7,12H,2,4,6H2,(H,17,18)(H,16,19,20). The summed E-state index contributed by atoms with van der Waals surface area (Å²) in [5.74, 6) is -1.13. The van der Waals surface area contributed by atoms with Crippen molar-refractivity contribution in [2.75, 3.05) is 0 Å². The first-order chi connectivity index (χ1) is 10.5. The minimum Gasteiger partial charge on any atom is -0.481 e. The maximum absolute atomic E-state index is 11.6. The van der Waals surface area contributed by atoms with Crippen LogP contribution < -0.4 is 5.32 Å². The molecule has 1 aliphatic heterocycles. The van der Waals surface area contributed by atoms with Gasteiger partial charge in [-0.05, 0) is 36.1 Å². The van der Waals surface area contributed by atoms with Gasteiger partial charge in [0.15, 0.2) is 0 Å². The highest BCUT2D eigenvalue weighted by molar-refractivity contribution is 8.15. The van der Waals surface area contributed by atoms with Crippen LogP contribution in [0.3, 0.4) is 0 Å². The number of carbonyl (C=O) groups is 3. The highest BCUT2D eigenvalue weighted by atomic mass is 32.2. The summed E-state index contributed by atoms with van der Waals surface area (Å²) >= 11 is 0.994. The summed E-state index contributed by atoms with van der Waals surface area (Å²) in [7, 11) is 0. The van der Waals surface area contributed by atoms with Gasteiger partial charge in [0.2, 0.25) is 5.91 Å². The summed E-state index contributed by atoms with van der Waals surface area (Å²) in [5, 5.41) is 11.2. The van der Waals surface area contributed by atoms with Crippen molar-refractivity contribution in [3.63, 3.8) is 0 Å². The van der Waals surface area contributed by atoms with Crippen LogP contribution in [0.25, 0.3) is 11.0 Å². The first-order valence-electron chi connectivity index (χ1n) is 6.75. The Morgan fingerprint density at radius 1 is 1.36 bits per heavy atom. The number of carboxylic acids is 1. The van der Waals surface area contributed by atoms with Crippen LogP contribution in [-0.2, 0) is 22.4 Å². The third kappa shape index (κ3) is 2.99. The van der Waals surface area contributed by atoms with Crippen LogP contribution >= 0.6 is 11.8 Å². The van der Waals surface area contributed by atoms with Crippen molar-refractivity contribution in [1.82, 2.24) is 5.32 Å². The number of furan rings is 1. The zero-order valence-electron chi connectivity index (χ0n) is 11.5. The number of thioether (sulfide) groups is 1. The molecule has 7 heteroatoms. The molecule has 0 radical (unpaired) electrons. The van der Waals surface area contributed by atoms with Crippen LogP contribution in [-0.4, -0.2) is 27.5 Å². The van der Waals surface area contributed by atoms with E-state index in [1.54, 1.807) is 12.3 Å². The Kier molecular flexibility index (Phi) is 3.89. The lowest BCUT2D eigenvalue weighted by Crippen LogP contribution is -2.25. The summed E-state index contributed by atoms with van der Waals surface area (Å²) in [6.45, 7) is 0. The Bertz CT molecular complexity index is 766. The van der Waals surface area contributed by atoms with Crippen molar-refractivity contribution < 1.29 is 23.9 Å². The molecule has 0 bridgehead atoms. The summed E-state index contributed by atoms with van der Waals surface area (Å²) in [4.78, 5) is 33.5. The van der Waals surface area contributed by atoms with Gasteiger partial charge >= 0.3 is 5.97 Å². The van der Waals surface area contributed by atoms with Crippen molar-refractivity contribution in [1.29, 1.82) is 0 Å². The number of benzene rings is 1. The van der Waals surface area contributed by atoms with Gasteiger partial charge in [-0.1, -0.05) is 17.8 Å². The molecule has 0 saturated carbocycles. The third-order valence-electron chi connectivity index (χ3n) is 3.51. The van der Waals surface area contributed by atoms with E-state index < -0.39 is 11.2 Å². The van der Waals surface area contributed by atoms with E-state index >= 15 is 0 Å². The van der Waals surface area contributed by atoms with E-state index in [9.17, 15) is 14.4 Å². The van der Waals surface area contributed by atoms with Gasteiger partial charge in [-0.15, -0.1) is 0 Å². The molecule has 2 amide bonds. The Hall–Kier alpha value is -2.28. The number of carboxylic acid groups (broad SMARTS) is 1. The second-order valence-corrected chi connectivity index (χ2v) is 6.25. The number of aliphatic carboxylic acids is 1. The van der Waals surface area contributed by atoms with Gasteiger partial charge in [-0.3, -0.25) is 19.7 Å². The molecule has 6 nitrogen and oxygen atoms in total. The second kappa shape index (κ2) is 5.84. The van der Waals surface area contributed by atoms with E-state index in [1.807, 2.05) is 12.1 Å². The van der Waals surface area contributed by atoms with Crippen LogP contribution in [0.2, 0.25) is 0 Å². The van der Waals surface area contributed by atoms with Crippen LogP contribution in [0.4, 0.5) is 4.79 Å². The Labute approximate surface area is 129 Å². The van der Waals surface area contributed by atoms with Crippen molar-refractivity contribution >= 4 is 39.8 Å². The molecule has 1 aromatic heterocycles. The fraction of sp³-hybridized carbons (Fsp3) is 0.267. The summed E-state index contributed by atoms with van der Waals surface area (Å²) < 4.78 is 5.41. The zero-order chi connectivity index (χ0) is 15.7. The average molecular weight is 319 g/mol. The summed E-state index contributed by atoms with van der Waals surface area (Å²) in [5.41, 5.74) is 2.43. The predicted octanol–water partition coefficient (Wildman–Crippen LogP) is 2.34. The van der Waals surface area contributed by atoms with Gasteiger partial charge in [0.25, 0.3) is 5.24 Å². The zero-order valence-corrected chi connectivity index (χ0v) is 12.3. The minimum atomic E-state index is -0.858. The molecular formula is C15H13NO5S. The van der Waals surface area contributed by atoms with Gasteiger partial charge < -0.3 is 9.52 Å². The van der Waals surface area contributed by atoms with Crippen molar-refractivity contribution in [3.8, 4) is 0 Å². The first kappa shape index (κ1) is 14.6. The van der Waals surface area contributed by atoms with Crippen LogP contribution in [0, 0.1) is 0 Å². The van der Waals surface area contributed by atoms with E-state index in [2.05, 4.69) is 5.32 Å². The van der Waals surface area contributed by atoms with Crippen molar-refractivity contribution in [2.45, 2.75) is 24.5 Å². The Balaban J connectivity index is 1.82. The number of amides is 2. The molecule has 2 heterocycles. The molecule has 0 spiro atoms. The molecule has 1 fully saturated rings. The number of rotatable bonds is 5. The molecule has 2 aromatic rings. The molecule has 1 aromatic carbocycles. The molecule has 0 aliphatic carbocycles. The van der Waals surface area contributed by atoms with Crippen LogP contribution in [0.5, 0.6) is 0 Å². The summed E-state index contributed by atoms with van der Waals surface area (Å²) in [6.07, 6.45) is 2.44. The molecule has 114 valence electrons.